The van der Waals surface area contributed by atoms with E-state index in [4.69, 9.17) is 11.6 Å². The van der Waals surface area contributed by atoms with Crippen molar-refractivity contribution in [2.75, 3.05) is 0 Å². The van der Waals surface area contributed by atoms with Crippen LogP contribution >= 0.6 is 22.9 Å². The molecule has 1 fully saturated rings. The highest BCUT2D eigenvalue weighted by Crippen LogP contribution is 2.39. The number of halogens is 3. The third kappa shape index (κ3) is 3.17. The molecule has 0 saturated heterocycles. The van der Waals surface area contributed by atoms with Gasteiger partial charge in [0.25, 0.3) is 0 Å². The van der Waals surface area contributed by atoms with Gasteiger partial charge in [0.2, 0.25) is 5.92 Å². The molecule has 1 atom stereocenters. The average molecular weight is 265 g/mol. The zero-order valence-corrected chi connectivity index (χ0v) is 10.5. The van der Waals surface area contributed by atoms with E-state index < -0.39 is 5.92 Å². The molecule has 4 heteroatoms. The van der Waals surface area contributed by atoms with Gasteiger partial charge in [-0.1, -0.05) is 6.07 Å². The molecule has 1 saturated carbocycles. The fourth-order valence-electron chi connectivity index (χ4n) is 2.21. The van der Waals surface area contributed by atoms with Crippen LogP contribution in [0.2, 0.25) is 0 Å². The molecule has 1 aliphatic rings. The maximum atomic E-state index is 13.0. The molecule has 0 bridgehead atoms. The second-order valence-corrected chi connectivity index (χ2v) is 6.09. The summed E-state index contributed by atoms with van der Waals surface area (Å²) in [5, 5.41) is 2.03. The zero-order valence-electron chi connectivity index (χ0n) is 8.96. The number of thiophene rings is 1. The highest BCUT2D eigenvalue weighted by atomic mass is 35.5. The van der Waals surface area contributed by atoms with Crippen LogP contribution in [-0.2, 0) is 6.42 Å². The number of rotatable bonds is 3. The number of hydrogen-bond donors (Lipinski definition) is 0. The fourth-order valence-corrected chi connectivity index (χ4v) is 3.49. The maximum Gasteiger partial charge on any atom is 0.248 e. The van der Waals surface area contributed by atoms with Crippen LogP contribution in [0.15, 0.2) is 17.5 Å². The monoisotopic (exact) mass is 264 g/mol. The molecule has 1 aromatic heterocycles. The summed E-state index contributed by atoms with van der Waals surface area (Å²) < 4.78 is 26.0. The molecule has 1 aromatic rings. The molecule has 2 rings (SSSR count). The van der Waals surface area contributed by atoms with Gasteiger partial charge in [-0.2, -0.15) is 0 Å². The van der Waals surface area contributed by atoms with Crippen LogP contribution in [0.5, 0.6) is 0 Å². The van der Waals surface area contributed by atoms with Crippen molar-refractivity contribution < 1.29 is 8.78 Å². The van der Waals surface area contributed by atoms with E-state index >= 15 is 0 Å². The van der Waals surface area contributed by atoms with Crippen molar-refractivity contribution in [3.05, 3.63) is 22.4 Å². The van der Waals surface area contributed by atoms with Gasteiger partial charge < -0.3 is 0 Å². The van der Waals surface area contributed by atoms with Gasteiger partial charge in [-0.3, -0.25) is 0 Å². The van der Waals surface area contributed by atoms with Gasteiger partial charge in [-0.25, -0.2) is 8.78 Å². The zero-order chi connectivity index (χ0) is 11.6. The predicted octanol–water partition coefficient (Wildman–Crippen LogP) is 4.72. The summed E-state index contributed by atoms with van der Waals surface area (Å²) in [5.74, 6) is -2.20. The van der Waals surface area contributed by atoms with Crippen molar-refractivity contribution in [1.82, 2.24) is 0 Å². The van der Waals surface area contributed by atoms with Crippen LogP contribution < -0.4 is 0 Å². The minimum atomic E-state index is -2.45. The first kappa shape index (κ1) is 12.3. The summed E-state index contributed by atoms with van der Waals surface area (Å²) in [5.41, 5.74) is 0. The Balaban J connectivity index is 1.85. The molecule has 0 radical (unpaired) electrons. The smallest absolute Gasteiger partial charge is 0.207 e. The van der Waals surface area contributed by atoms with Gasteiger partial charge in [-0.15, -0.1) is 22.9 Å². The van der Waals surface area contributed by atoms with Crippen LogP contribution in [0.3, 0.4) is 0 Å². The van der Waals surface area contributed by atoms with Crippen LogP contribution in [0.25, 0.3) is 0 Å². The molecule has 0 amide bonds. The van der Waals surface area contributed by atoms with E-state index in [9.17, 15) is 8.78 Å². The Morgan fingerprint density at radius 1 is 1.44 bits per heavy atom. The lowest BCUT2D eigenvalue weighted by Gasteiger charge is -2.30. The molecule has 16 heavy (non-hydrogen) atoms. The summed E-state index contributed by atoms with van der Waals surface area (Å²) in [6, 6.07) is 4.05. The van der Waals surface area contributed by atoms with E-state index in [0.717, 1.165) is 6.42 Å². The van der Waals surface area contributed by atoms with Crippen molar-refractivity contribution in [1.29, 1.82) is 0 Å². The van der Waals surface area contributed by atoms with E-state index in [1.54, 1.807) is 11.3 Å². The molecule has 90 valence electrons. The lowest BCUT2D eigenvalue weighted by molar-refractivity contribution is -0.0459. The Hall–Kier alpha value is -0.150. The van der Waals surface area contributed by atoms with Crippen molar-refractivity contribution in [3.63, 3.8) is 0 Å². The highest BCUT2D eigenvalue weighted by molar-refractivity contribution is 7.09. The van der Waals surface area contributed by atoms with E-state index in [0.29, 0.717) is 12.8 Å². The van der Waals surface area contributed by atoms with Gasteiger partial charge in [0, 0.05) is 23.1 Å². The topological polar surface area (TPSA) is 0 Å². The summed E-state index contributed by atoms with van der Waals surface area (Å²) in [6.07, 6.45) is 1.95. The minimum absolute atomic E-state index is 0.00528. The van der Waals surface area contributed by atoms with Crippen molar-refractivity contribution in [2.45, 2.75) is 43.4 Å². The molecule has 1 heterocycles. The van der Waals surface area contributed by atoms with Crippen molar-refractivity contribution in [3.8, 4) is 0 Å². The van der Waals surface area contributed by atoms with Crippen LogP contribution in [0.4, 0.5) is 8.78 Å². The Labute approximate surface area is 104 Å². The molecule has 0 spiro atoms. The number of hydrogen-bond acceptors (Lipinski definition) is 1. The summed E-state index contributed by atoms with van der Waals surface area (Å²) >= 11 is 7.99. The summed E-state index contributed by atoms with van der Waals surface area (Å²) in [6.45, 7) is 0. The summed E-state index contributed by atoms with van der Waals surface area (Å²) in [7, 11) is 0. The second kappa shape index (κ2) is 5.01. The van der Waals surface area contributed by atoms with Crippen LogP contribution in [0.1, 0.15) is 30.6 Å². The first-order chi connectivity index (χ1) is 7.57. The third-order valence-corrected chi connectivity index (χ3v) is 4.66. The van der Waals surface area contributed by atoms with E-state index in [-0.39, 0.29) is 24.1 Å². The molecule has 0 aromatic carbocycles. The highest BCUT2D eigenvalue weighted by Gasteiger charge is 2.37. The maximum absolute atomic E-state index is 13.0. The van der Waals surface area contributed by atoms with Gasteiger partial charge in [0.1, 0.15) is 0 Å². The predicted molar refractivity (Wildman–Crippen MR) is 64.6 cm³/mol. The number of alkyl halides is 3. The Bertz CT molecular complexity index is 314. The first-order valence-electron chi connectivity index (χ1n) is 5.61. The largest absolute Gasteiger partial charge is 0.248 e. The first-order valence-corrected chi connectivity index (χ1v) is 6.93. The Morgan fingerprint density at radius 2 is 2.12 bits per heavy atom. The fraction of sp³-hybridized carbons (Fsp3) is 0.667. The van der Waals surface area contributed by atoms with E-state index in [1.165, 1.54) is 4.88 Å². The quantitative estimate of drug-likeness (QED) is 0.693. The van der Waals surface area contributed by atoms with Gasteiger partial charge in [0.05, 0.1) is 0 Å². The minimum Gasteiger partial charge on any atom is -0.207 e. The lowest BCUT2D eigenvalue weighted by Crippen LogP contribution is -2.29. The molecular weight excluding hydrogens is 250 g/mol. The van der Waals surface area contributed by atoms with Gasteiger partial charge in [0.15, 0.2) is 0 Å². The summed E-state index contributed by atoms with van der Waals surface area (Å²) in [4.78, 5) is 1.25. The Morgan fingerprint density at radius 3 is 2.69 bits per heavy atom. The normalized spacial score (nSPS) is 23.2. The van der Waals surface area contributed by atoms with E-state index in [2.05, 4.69) is 6.07 Å². The second-order valence-electron chi connectivity index (χ2n) is 4.49. The Kier molecular flexibility index (Phi) is 3.85. The van der Waals surface area contributed by atoms with Gasteiger partial charge >= 0.3 is 0 Å². The van der Waals surface area contributed by atoms with Crippen molar-refractivity contribution in [2.24, 2.45) is 5.92 Å². The van der Waals surface area contributed by atoms with E-state index in [1.807, 2.05) is 11.4 Å². The molecular formula is C12H15ClF2S. The molecule has 0 aliphatic heterocycles. The molecule has 1 aliphatic carbocycles. The third-order valence-electron chi connectivity index (χ3n) is 3.25. The van der Waals surface area contributed by atoms with Gasteiger partial charge in [-0.05, 0) is 36.6 Å². The lowest BCUT2D eigenvalue weighted by atomic mass is 9.83. The van der Waals surface area contributed by atoms with Crippen LogP contribution in [0, 0.1) is 5.92 Å². The van der Waals surface area contributed by atoms with Crippen LogP contribution in [-0.4, -0.2) is 11.3 Å². The van der Waals surface area contributed by atoms with Crippen molar-refractivity contribution >= 4 is 22.9 Å². The molecule has 1 unspecified atom stereocenters. The average Bonchev–Trinajstić information content (AvgIpc) is 2.70. The molecule has 0 N–H and O–H groups in total. The SMILES string of the molecule is FC1(F)CCC(C(Cl)Cc2cccs2)CC1. The standard InChI is InChI=1S/C12H15ClF2S/c13-11(8-10-2-1-7-16-10)9-3-5-12(14,15)6-4-9/h1-2,7,9,11H,3-6,8H2. The molecule has 0 nitrogen and oxygen atoms in total.